The maximum Gasteiger partial charge on any atom is 0.287 e. The summed E-state index contributed by atoms with van der Waals surface area (Å²) in [5, 5.41) is 5.71. The minimum Gasteiger partial charge on any atom is -0.497 e. The number of hydrogen-bond acceptors (Lipinski definition) is 6. The third kappa shape index (κ3) is 6.84. The second-order valence-corrected chi connectivity index (χ2v) is 8.26. The number of ether oxygens (including phenoxy) is 2. The molecule has 0 saturated heterocycles. The highest BCUT2D eigenvalue weighted by Gasteiger charge is 2.33. The normalized spacial score (nSPS) is 14.8. The van der Waals surface area contributed by atoms with Crippen LogP contribution in [-0.4, -0.2) is 62.6 Å². The molecule has 0 aliphatic heterocycles. The molecule has 184 valence electrons. The number of furan rings is 1. The van der Waals surface area contributed by atoms with Gasteiger partial charge in [0.1, 0.15) is 11.8 Å². The summed E-state index contributed by atoms with van der Waals surface area (Å²) in [7, 11) is 3.08. The first-order valence-electron chi connectivity index (χ1n) is 11.6. The van der Waals surface area contributed by atoms with E-state index in [2.05, 4.69) is 10.6 Å². The Morgan fingerprint density at radius 1 is 1.12 bits per heavy atom. The molecule has 0 radical (unpaired) electrons. The van der Waals surface area contributed by atoms with E-state index >= 15 is 0 Å². The molecule has 0 bridgehead atoms. The molecule has 2 N–H and O–H groups in total. The van der Waals surface area contributed by atoms with Gasteiger partial charge in [0.05, 0.1) is 26.5 Å². The van der Waals surface area contributed by atoms with Gasteiger partial charge >= 0.3 is 0 Å². The molecule has 1 saturated carbocycles. The zero-order valence-corrected chi connectivity index (χ0v) is 19.7. The lowest BCUT2D eigenvalue weighted by Crippen LogP contribution is -2.50. The van der Waals surface area contributed by atoms with Crippen molar-refractivity contribution in [2.45, 2.75) is 44.2 Å². The van der Waals surface area contributed by atoms with Gasteiger partial charge in [-0.3, -0.25) is 14.4 Å². The molecule has 9 heteroatoms. The molecule has 1 atom stereocenters. The van der Waals surface area contributed by atoms with Crippen molar-refractivity contribution in [2.24, 2.45) is 0 Å². The minimum atomic E-state index is -0.903. The summed E-state index contributed by atoms with van der Waals surface area (Å²) in [5.41, 5.74) is 0.620. The summed E-state index contributed by atoms with van der Waals surface area (Å²) >= 11 is 0. The average Bonchev–Trinajstić information content (AvgIpc) is 3.40. The number of amides is 3. The van der Waals surface area contributed by atoms with Crippen molar-refractivity contribution in [1.29, 1.82) is 0 Å². The number of nitrogens with zero attached hydrogens (tertiary/aromatic N) is 1. The fourth-order valence-corrected chi connectivity index (χ4v) is 4.15. The average molecular weight is 472 g/mol. The molecule has 1 heterocycles. The van der Waals surface area contributed by atoms with Crippen molar-refractivity contribution in [1.82, 2.24) is 15.5 Å². The van der Waals surface area contributed by atoms with Crippen molar-refractivity contribution >= 4 is 17.7 Å². The molecule has 9 nitrogen and oxygen atoms in total. The van der Waals surface area contributed by atoms with Crippen molar-refractivity contribution in [3.8, 4) is 5.75 Å². The van der Waals surface area contributed by atoms with Gasteiger partial charge in [-0.1, -0.05) is 31.4 Å². The monoisotopic (exact) mass is 471 g/mol. The maximum atomic E-state index is 13.6. The second-order valence-electron chi connectivity index (χ2n) is 8.26. The lowest BCUT2D eigenvalue weighted by molar-refractivity contribution is -0.141. The van der Waals surface area contributed by atoms with Crippen molar-refractivity contribution in [2.75, 3.05) is 33.9 Å². The predicted octanol–water partition coefficient (Wildman–Crippen LogP) is 2.68. The van der Waals surface area contributed by atoms with Gasteiger partial charge in [0.25, 0.3) is 5.91 Å². The molecule has 3 amide bonds. The lowest BCUT2D eigenvalue weighted by Gasteiger charge is -2.33. The number of nitrogens with one attached hydrogen (secondary N) is 2. The smallest absolute Gasteiger partial charge is 0.287 e. The number of hydrogen-bond donors (Lipinski definition) is 2. The van der Waals surface area contributed by atoms with Crippen molar-refractivity contribution in [3.63, 3.8) is 0 Å². The third-order valence-corrected chi connectivity index (χ3v) is 5.92. The van der Waals surface area contributed by atoms with Gasteiger partial charge in [-0.15, -0.1) is 0 Å². The summed E-state index contributed by atoms with van der Waals surface area (Å²) in [5.74, 6) is -0.492. The minimum absolute atomic E-state index is 0.0763. The van der Waals surface area contributed by atoms with Crippen molar-refractivity contribution < 1.29 is 28.3 Å². The Kier molecular flexibility index (Phi) is 9.51. The summed E-state index contributed by atoms with van der Waals surface area (Å²) in [4.78, 5) is 40.6. The van der Waals surface area contributed by atoms with Crippen LogP contribution in [0.2, 0.25) is 0 Å². The zero-order chi connectivity index (χ0) is 24.3. The van der Waals surface area contributed by atoms with Crippen LogP contribution in [0.4, 0.5) is 0 Å². The molecule has 0 spiro atoms. The molecular weight excluding hydrogens is 438 g/mol. The Bertz CT molecular complexity index is 940. The lowest BCUT2D eigenvalue weighted by atomic mass is 9.94. The second kappa shape index (κ2) is 12.8. The zero-order valence-electron chi connectivity index (χ0n) is 19.7. The highest BCUT2D eigenvalue weighted by molar-refractivity contribution is 5.95. The molecule has 0 unspecified atom stereocenters. The van der Waals surface area contributed by atoms with Gasteiger partial charge in [-0.25, -0.2) is 0 Å². The van der Waals surface area contributed by atoms with Gasteiger partial charge in [0.15, 0.2) is 5.76 Å². The van der Waals surface area contributed by atoms with E-state index in [9.17, 15) is 14.4 Å². The molecular formula is C25H33N3O6. The van der Waals surface area contributed by atoms with Crippen LogP contribution in [0.15, 0.2) is 47.1 Å². The van der Waals surface area contributed by atoms with E-state index < -0.39 is 17.9 Å². The number of rotatable bonds is 11. The van der Waals surface area contributed by atoms with Crippen LogP contribution in [-0.2, 0) is 14.3 Å². The van der Waals surface area contributed by atoms with Crippen LogP contribution in [0.5, 0.6) is 5.75 Å². The number of carbonyl (C=O) groups is 3. The molecule has 1 fully saturated rings. The number of carbonyl (C=O) groups excluding carboxylic acids is 3. The van der Waals surface area contributed by atoms with Gasteiger partial charge < -0.3 is 29.4 Å². The van der Waals surface area contributed by atoms with E-state index in [-0.39, 0.29) is 37.4 Å². The quantitative estimate of drug-likeness (QED) is 0.521. The van der Waals surface area contributed by atoms with Gasteiger partial charge in [0.2, 0.25) is 11.8 Å². The largest absolute Gasteiger partial charge is 0.497 e. The first-order valence-corrected chi connectivity index (χ1v) is 11.6. The highest BCUT2D eigenvalue weighted by atomic mass is 16.5. The molecule has 2 aromatic rings. The van der Waals surface area contributed by atoms with Crippen LogP contribution >= 0.6 is 0 Å². The fraction of sp³-hybridized carbons (Fsp3) is 0.480. The molecule has 3 rings (SSSR count). The van der Waals surface area contributed by atoms with E-state index in [0.717, 1.165) is 25.7 Å². The first-order chi connectivity index (χ1) is 16.5. The standard InChI is InChI=1S/C25H33N3O6/c1-32-15-13-28(22(29)17-26-24(30)21-12-7-14-34-21)23(18-8-6-11-20(16-18)33-2)25(31)27-19-9-4-3-5-10-19/h6-8,11-12,14,16,19,23H,3-5,9-10,13,15,17H2,1-2H3,(H,26,30)(H,27,31)/t23-/m0/s1. The Hall–Kier alpha value is -3.33. The van der Waals surface area contributed by atoms with E-state index in [1.165, 1.54) is 30.8 Å². The summed E-state index contributed by atoms with van der Waals surface area (Å²) in [6, 6.07) is 9.39. The maximum absolute atomic E-state index is 13.6. The summed E-state index contributed by atoms with van der Waals surface area (Å²) < 4.78 is 15.6. The van der Waals surface area contributed by atoms with Crippen molar-refractivity contribution in [3.05, 3.63) is 54.0 Å². The Balaban J connectivity index is 1.84. The third-order valence-electron chi connectivity index (χ3n) is 5.92. The topological polar surface area (TPSA) is 110 Å². The summed E-state index contributed by atoms with van der Waals surface area (Å²) in [6.45, 7) is 0.112. The van der Waals surface area contributed by atoms with E-state index in [0.29, 0.717) is 11.3 Å². The van der Waals surface area contributed by atoms with Crippen LogP contribution in [0.1, 0.15) is 54.3 Å². The SMILES string of the molecule is COCCN(C(=O)CNC(=O)c1ccco1)[C@H](C(=O)NC1CCCCC1)c1cccc(OC)c1. The summed E-state index contributed by atoms with van der Waals surface area (Å²) in [6.07, 6.45) is 6.53. The molecule has 1 aliphatic carbocycles. The van der Waals surface area contributed by atoms with E-state index in [1.54, 1.807) is 37.4 Å². The molecule has 1 aromatic carbocycles. The number of methoxy groups -OCH3 is 2. The molecule has 34 heavy (non-hydrogen) atoms. The Labute approximate surface area is 199 Å². The molecule has 1 aromatic heterocycles. The highest BCUT2D eigenvalue weighted by Crippen LogP contribution is 2.26. The van der Waals surface area contributed by atoms with Crippen LogP contribution in [0.25, 0.3) is 0 Å². The molecule has 1 aliphatic rings. The van der Waals surface area contributed by atoms with Gasteiger partial charge in [-0.05, 0) is 42.7 Å². The van der Waals surface area contributed by atoms with Crippen LogP contribution in [0, 0.1) is 0 Å². The Morgan fingerprint density at radius 2 is 1.91 bits per heavy atom. The van der Waals surface area contributed by atoms with Gasteiger partial charge in [-0.2, -0.15) is 0 Å². The van der Waals surface area contributed by atoms with Crippen LogP contribution in [0.3, 0.4) is 0 Å². The van der Waals surface area contributed by atoms with E-state index in [1.807, 2.05) is 0 Å². The number of benzene rings is 1. The first kappa shape index (κ1) is 25.3. The van der Waals surface area contributed by atoms with Crippen LogP contribution < -0.4 is 15.4 Å². The Morgan fingerprint density at radius 3 is 2.59 bits per heavy atom. The fourth-order valence-electron chi connectivity index (χ4n) is 4.15. The van der Waals surface area contributed by atoms with Gasteiger partial charge in [0, 0.05) is 19.7 Å². The van der Waals surface area contributed by atoms with E-state index in [4.69, 9.17) is 13.9 Å². The predicted molar refractivity (Wildman–Crippen MR) is 125 cm³/mol.